The van der Waals surface area contributed by atoms with Crippen LogP contribution in [0.4, 0.5) is 5.69 Å². The van der Waals surface area contributed by atoms with Crippen LogP contribution in [0.5, 0.6) is 11.5 Å². The standard InChI is InChI=1S/C12H13BrN2O5/c1-7(13)6-14-12(16)8-4-10(19-2)11(20-3)5-9(8)15(17)18/h4-5H,1,6H2,2-3H3,(H,14,16). The Balaban J connectivity index is 3.25. The smallest absolute Gasteiger partial charge is 0.286 e. The normalized spacial score (nSPS) is 9.75. The van der Waals surface area contributed by atoms with E-state index in [2.05, 4.69) is 27.8 Å². The predicted octanol–water partition coefficient (Wildman–Crippen LogP) is 2.25. The van der Waals surface area contributed by atoms with E-state index in [1.165, 1.54) is 20.3 Å². The molecule has 0 spiro atoms. The van der Waals surface area contributed by atoms with Gasteiger partial charge < -0.3 is 14.8 Å². The number of amides is 1. The molecule has 0 radical (unpaired) electrons. The number of hydrogen-bond donors (Lipinski definition) is 1. The summed E-state index contributed by atoms with van der Waals surface area (Å²) >= 11 is 3.09. The zero-order chi connectivity index (χ0) is 15.3. The second-order valence-corrected chi connectivity index (χ2v) is 4.80. The minimum atomic E-state index is -0.653. The van der Waals surface area contributed by atoms with Gasteiger partial charge in [-0.1, -0.05) is 22.5 Å². The molecule has 0 atom stereocenters. The highest BCUT2D eigenvalue weighted by atomic mass is 79.9. The quantitative estimate of drug-likeness (QED) is 0.631. The summed E-state index contributed by atoms with van der Waals surface area (Å²) in [5.74, 6) is -0.181. The first kappa shape index (κ1) is 16.0. The predicted molar refractivity (Wildman–Crippen MR) is 76.6 cm³/mol. The Hall–Kier alpha value is -2.09. The van der Waals surface area contributed by atoms with Crippen molar-refractivity contribution in [3.63, 3.8) is 0 Å². The summed E-state index contributed by atoms with van der Waals surface area (Å²) in [6.07, 6.45) is 0. The average molecular weight is 345 g/mol. The second-order valence-electron chi connectivity index (χ2n) is 3.68. The highest BCUT2D eigenvalue weighted by Gasteiger charge is 2.24. The molecule has 0 saturated carbocycles. The summed E-state index contributed by atoms with van der Waals surface area (Å²) in [7, 11) is 2.74. The largest absolute Gasteiger partial charge is 0.493 e. The van der Waals surface area contributed by atoms with Crippen molar-refractivity contribution >= 4 is 27.5 Å². The van der Waals surface area contributed by atoms with Crippen molar-refractivity contribution in [2.24, 2.45) is 0 Å². The molecule has 0 aliphatic rings. The van der Waals surface area contributed by atoms with E-state index >= 15 is 0 Å². The molecule has 7 nitrogen and oxygen atoms in total. The molecule has 1 N–H and O–H groups in total. The van der Waals surface area contributed by atoms with Gasteiger partial charge in [-0.3, -0.25) is 14.9 Å². The van der Waals surface area contributed by atoms with Gasteiger partial charge in [-0.2, -0.15) is 0 Å². The lowest BCUT2D eigenvalue weighted by Crippen LogP contribution is -2.25. The number of hydrogen-bond acceptors (Lipinski definition) is 5. The van der Waals surface area contributed by atoms with Crippen LogP contribution in [0, 0.1) is 10.1 Å². The monoisotopic (exact) mass is 344 g/mol. The van der Waals surface area contributed by atoms with Crippen molar-refractivity contribution < 1.29 is 19.2 Å². The van der Waals surface area contributed by atoms with E-state index < -0.39 is 10.8 Å². The number of ether oxygens (including phenoxy) is 2. The van der Waals surface area contributed by atoms with Crippen LogP contribution in [0.1, 0.15) is 10.4 Å². The van der Waals surface area contributed by atoms with E-state index in [9.17, 15) is 14.9 Å². The second kappa shape index (κ2) is 6.90. The summed E-state index contributed by atoms with van der Waals surface area (Å²) in [6.45, 7) is 3.72. The topological polar surface area (TPSA) is 90.7 Å². The summed E-state index contributed by atoms with van der Waals surface area (Å²) < 4.78 is 10.6. The van der Waals surface area contributed by atoms with Crippen molar-refractivity contribution in [2.75, 3.05) is 20.8 Å². The summed E-state index contributed by atoms with van der Waals surface area (Å²) in [4.78, 5) is 22.3. The zero-order valence-electron chi connectivity index (χ0n) is 10.9. The number of carbonyl (C=O) groups excluding carboxylic acids is 1. The molecule has 1 rings (SSSR count). The third kappa shape index (κ3) is 3.70. The number of halogens is 1. The Labute approximate surface area is 123 Å². The average Bonchev–Trinajstić information content (AvgIpc) is 2.42. The zero-order valence-corrected chi connectivity index (χ0v) is 12.5. The van der Waals surface area contributed by atoms with Gasteiger partial charge in [0.1, 0.15) is 5.56 Å². The third-order valence-electron chi connectivity index (χ3n) is 2.38. The summed E-state index contributed by atoms with van der Waals surface area (Å²) in [5, 5.41) is 13.5. The molecule has 0 bridgehead atoms. The molecule has 1 aromatic rings. The minimum absolute atomic E-state index is 0.110. The molecule has 8 heteroatoms. The van der Waals surface area contributed by atoms with Gasteiger partial charge in [-0.15, -0.1) is 0 Å². The molecular weight excluding hydrogens is 332 g/mol. The number of nitro groups is 1. The lowest BCUT2D eigenvalue weighted by Gasteiger charge is -2.10. The number of benzene rings is 1. The van der Waals surface area contributed by atoms with Crippen LogP contribution >= 0.6 is 15.9 Å². The van der Waals surface area contributed by atoms with Crippen LogP contribution in [0.25, 0.3) is 0 Å². The van der Waals surface area contributed by atoms with Gasteiger partial charge in [-0.05, 0) is 0 Å². The maximum atomic E-state index is 12.0. The highest BCUT2D eigenvalue weighted by molar-refractivity contribution is 9.11. The maximum absolute atomic E-state index is 12.0. The van der Waals surface area contributed by atoms with Gasteiger partial charge in [0, 0.05) is 17.1 Å². The number of nitro benzene ring substituents is 1. The maximum Gasteiger partial charge on any atom is 0.286 e. The fourth-order valence-corrected chi connectivity index (χ4v) is 1.61. The SMILES string of the molecule is C=C(Br)CNC(=O)c1cc(OC)c(OC)cc1[N+](=O)[O-]. The lowest BCUT2D eigenvalue weighted by atomic mass is 10.1. The van der Waals surface area contributed by atoms with Crippen LogP contribution < -0.4 is 14.8 Å². The van der Waals surface area contributed by atoms with Gasteiger partial charge in [0.05, 0.1) is 25.2 Å². The van der Waals surface area contributed by atoms with Crippen LogP contribution in [-0.2, 0) is 0 Å². The fraction of sp³-hybridized carbons (Fsp3) is 0.250. The lowest BCUT2D eigenvalue weighted by molar-refractivity contribution is -0.385. The van der Waals surface area contributed by atoms with E-state index in [-0.39, 0.29) is 29.3 Å². The van der Waals surface area contributed by atoms with Gasteiger partial charge in [0.25, 0.3) is 11.6 Å². The van der Waals surface area contributed by atoms with Gasteiger partial charge in [0.2, 0.25) is 0 Å². The van der Waals surface area contributed by atoms with Gasteiger partial charge in [0.15, 0.2) is 11.5 Å². The van der Waals surface area contributed by atoms with Crippen LogP contribution in [-0.4, -0.2) is 31.6 Å². The third-order valence-corrected chi connectivity index (χ3v) is 2.66. The van der Waals surface area contributed by atoms with E-state index in [0.717, 1.165) is 6.07 Å². The van der Waals surface area contributed by atoms with Crippen molar-refractivity contribution in [1.29, 1.82) is 0 Å². The van der Waals surface area contributed by atoms with Crippen LogP contribution in [0.15, 0.2) is 23.2 Å². The van der Waals surface area contributed by atoms with Crippen molar-refractivity contribution in [3.05, 3.63) is 38.9 Å². The number of nitrogens with one attached hydrogen (secondary N) is 1. The Morgan fingerprint density at radius 1 is 1.40 bits per heavy atom. The van der Waals surface area contributed by atoms with Gasteiger partial charge >= 0.3 is 0 Å². The first-order valence-electron chi connectivity index (χ1n) is 5.42. The summed E-state index contributed by atoms with van der Waals surface area (Å²) in [5.41, 5.74) is -0.471. The van der Waals surface area contributed by atoms with E-state index in [1.807, 2.05) is 0 Å². The molecule has 20 heavy (non-hydrogen) atoms. The molecule has 1 amide bonds. The number of nitrogens with zero attached hydrogens (tertiary/aromatic N) is 1. The summed E-state index contributed by atoms with van der Waals surface area (Å²) in [6, 6.07) is 2.42. The van der Waals surface area contributed by atoms with E-state index in [1.54, 1.807) is 0 Å². The van der Waals surface area contributed by atoms with Crippen molar-refractivity contribution in [2.45, 2.75) is 0 Å². The Bertz CT molecular complexity index is 559. The van der Waals surface area contributed by atoms with E-state index in [0.29, 0.717) is 4.48 Å². The number of rotatable bonds is 6. The molecule has 0 aliphatic carbocycles. The molecule has 0 unspecified atom stereocenters. The highest BCUT2D eigenvalue weighted by Crippen LogP contribution is 2.34. The number of methoxy groups -OCH3 is 2. The molecule has 0 saturated heterocycles. The van der Waals surface area contributed by atoms with Crippen molar-refractivity contribution in [3.8, 4) is 11.5 Å². The Morgan fingerprint density at radius 2 is 1.95 bits per heavy atom. The molecule has 108 valence electrons. The van der Waals surface area contributed by atoms with Crippen molar-refractivity contribution in [1.82, 2.24) is 5.32 Å². The Kier molecular flexibility index (Phi) is 5.51. The van der Waals surface area contributed by atoms with Crippen LogP contribution in [0.3, 0.4) is 0 Å². The minimum Gasteiger partial charge on any atom is -0.493 e. The van der Waals surface area contributed by atoms with Crippen LogP contribution in [0.2, 0.25) is 0 Å². The van der Waals surface area contributed by atoms with E-state index in [4.69, 9.17) is 9.47 Å². The molecular formula is C12H13BrN2O5. The number of carbonyl (C=O) groups is 1. The first-order valence-corrected chi connectivity index (χ1v) is 6.21. The molecule has 0 aliphatic heterocycles. The molecule has 1 aromatic carbocycles. The molecule has 0 aromatic heterocycles. The van der Waals surface area contributed by atoms with Gasteiger partial charge in [-0.25, -0.2) is 0 Å². The Morgan fingerprint density at radius 3 is 2.40 bits per heavy atom. The molecule has 0 fully saturated rings. The first-order chi connectivity index (χ1) is 9.40. The molecule has 0 heterocycles. The fourth-order valence-electron chi connectivity index (χ4n) is 1.47.